The molecule has 0 unspecified atom stereocenters. The summed E-state index contributed by atoms with van der Waals surface area (Å²) in [7, 11) is 1.62. The highest BCUT2D eigenvalue weighted by Gasteiger charge is 2.10. The number of nitrogens with one attached hydrogen (secondary N) is 2. The van der Waals surface area contributed by atoms with Crippen LogP contribution < -0.4 is 15.4 Å². The molecule has 0 saturated heterocycles. The summed E-state index contributed by atoms with van der Waals surface area (Å²) >= 11 is 15.9. The Hall–Kier alpha value is -2.00. The number of halogens is 2. The molecule has 0 atom stereocenters. The summed E-state index contributed by atoms with van der Waals surface area (Å²) in [6.07, 6.45) is 0.210. The van der Waals surface area contributed by atoms with E-state index in [1.54, 1.807) is 31.4 Å². The molecule has 2 aromatic carbocycles. The number of thiazole rings is 1. The fourth-order valence-corrected chi connectivity index (χ4v) is 4.04. The second-order valence-electron chi connectivity index (χ2n) is 5.69. The number of methoxy groups -OCH3 is 1. The second-order valence-corrected chi connectivity index (χ2v) is 8.25. The summed E-state index contributed by atoms with van der Waals surface area (Å²) < 4.78 is 6.09. The standard InChI is InChI=1S/C19H15BrClN3O2S2/c1-26-16-7-4-12(9-14(16)20)15-10-28-19(22-15)24-18(27)23-17(25)8-11-2-5-13(21)6-3-11/h2-7,9-10H,8H2,1H3,(H2,22,23,24,25,27). The third-order valence-electron chi connectivity index (χ3n) is 3.70. The quantitative estimate of drug-likeness (QED) is 0.470. The number of thiocarbonyl (C=S) groups is 1. The van der Waals surface area contributed by atoms with Crippen molar-refractivity contribution in [3.05, 3.63) is 62.9 Å². The first-order valence-corrected chi connectivity index (χ1v) is 10.5. The van der Waals surface area contributed by atoms with Gasteiger partial charge in [0.1, 0.15) is 5.75 Å². The minimum Gasteiger partial charge on any atom is -0.496 e. The lowest BCUT2D eigenvalue weighted by Crippen LogP contribution is -2.35. The van der Waals surface area contributed by atoms with Crippen LogP contribution in [-0.2, 0) is 11.2 Å². The molecule has 1 heterocycles. The first kappa shape index (κ1) is 20.7. The molecule has 5 nitrogen and oxygen atoms in total. The van der Waals surface area contributed by atoms with Gasteiger partial charge in [-0.25, -0.2) is 4.98 Å². The first-order valence-electron chi connectivity index (χ1n) is 8.09. The zero-order chi connectivity index (χ0) is 20.1. The van der Waals surface area contributed by atoms with Gasteiger partial charge < -0.3 is 15.4 Å². The Bertz CT molecular complexity index is 1010. The summed E-state index contributed by atoms with van der Waals surface area (Å²) in [5.41, 5.74) is 2.59. The minimum absolute atomic E-state index is 0.204. The highest BCUT2D eigenvalue weighted by molar-refractivity contribution is 9.10. The van der Waals surface area contributed by atoms with E-state index >= 15 is 0 Å². The van der Waals surface area contributed by atoms with Crippen LogP contribution in [0.1, 0.15) is 5.56 Å². The summed E-state index contributed by atoms with van der Waals surface area (Å²) in [6, 6.07) is 12.8. The van der Waals surface area contributed by atoms with Gasteiger partial charge in [-0.3, -0.25) is 4.79 Å². The van der Waals surface area contributed by atoms with E-state index in [2.05, 4.69) is 31.5 Å². The van der Waals surface area contributed by atoms with Crippen LogP contribution in [0.15, 0.2) is 52.3 Å². The molecule has 144 valence electrons. The van der Waals surface area contributed by atoms with Crippen LogP contribution in [-0.4, -0.2) is 23.1 Å². The van der Waals surface area contributed by atoms with Crippen molar-refractivity contribution in [3.63, 3.8) is 0 Å². The largest absolute Gasteiger partial charge is 0.496 e. The van der Waals surface area contributed by atoms with Crippen molar-refractivity contribution in [1.29, 1.82) is 0 Å². The summed E-state index contributed by atoms with van der Waals surface area (Å²) in [6.45, 7) is 0. The molecule has 2 N–H and O–H groups in total. The van der Waals surface area contributed by atoms with E-state index in [1.807, 2.05) is 23.6 Å². The van der Waals surface area contributed by atoms with Gasteiger partial charge in [-0.2, -0.15) is 0 Å². The van der Waals surface area contributed by atoms with E-state index in [4.69, 9.17) is 28.6 Å². The maximum absolute atomic E-state index is 12.1. The number of amides is 1. The summed E-state index contributed by atoms with van der Waals surface area (Å²) in [4.78, 5) is 16.6. The molecule has 9 heteroatoms. The van der Waals surface area contributed by atoms with Crippen LogP contribution in [0.4, 0.5) is 5.13 Å². The Morgan fingerprint density at radius 3 is 2.71 bits per heavy atom. The van der Waals surface area contributed by atoms with Gasteiger partial charge in [0.25, 0.3) is 0 Å². The van der Waals surface area contributed by atoms with Gasteiger partial charge in [-0.15, -0.1) is 11.3 Å². The maximum atomic E-state index is 12.1. The predicted octanol–water partition coefficient (Wildman–Crippen LogP) is 5.29. The number of benzene rings is 2. The maximum Gasteiger partial charge on any atom is 0.230 e. The van der Waals surface area contributed by atoms with E-state index in [9.17, 15) is 4.79 Å². The van der Waals surface area contributed by atoms with Crippen molar-refractivity contribution in [1.82, 2.24) is 10.3 Å². The fourth-order valence-electron chi connectivity index (χ4n) is 2.38. The zero-order valence-corrected chi connectivity index (χ0v) is 18.6. The van der Waals surface area contributed by atoms with Crippen LogP contribution in [0, 0.1) is 0 Å². The van der Waals surface area contributed by atoms with E-state index < -0.39 is 0 Å². The highest BCUT2D eigenvalue weighted by Crippen LogP contribution is 2.32. The number of hydrogen-bond acceptors (Lipinski definition) is 5. The van der Waals surface area contributed by atoms with Crippen molar-refractivity contribution in [2.24, 2.45) is 0 Å². The summed E-state index contributed by atoms with van der Waals surface area (Å²) in [5, 5.41) is 8.94. The molecular formula is C19H15BrClN3O2S2. The van der Waals surface area contributed by atoms with Crippen LogP contribution in [0.2, 0.25) is 5.02 Å². The predicted molar refractivity (Wildman–Crippen MR) is 121 cm³/mol. The molecule has 0 aliphatic heterocycles. The van der Waals surface area contributed by atoms with Crippen LogP contribution >= 0.6 is 51.1 Å². The van der Waals surface area contributed by atoms with Crippen LogP contribution in [0.25, 0.3) is 11.3 Å². The van der Waals surface area contributed by atoms with Gasteiger partial charge in [0.05, 0.1) is 23.7 Å². The molecule has 3 aromatic rings. The Morgan fingerprint density at radius 1 is 1.29 bits per heavy atom. The second kappa shape index (κ2) is 9.47. The lowest BCUT2D eigenvalue weighted by molar-refractivity contribution is -0.119. The number of hydrogen-bond donors (Lipinski definition) is 2. The van der Waals surface area contributed by atoms with Gasteiger partial charge in [-0.05, 0) is 64.0 Å². The van der Waals surface area contributed by atoms with E-state index in [0.717, 1.165) is 27.0 Å². The third-order valence-corrected chi connectivity index (χ3v) is 5.54. The van der Waals surface area contributed by atoms with Gasteiger partial charge in [0.2, 0.25) is 5.91 Å². The molecule has 0 bridgehead atoms. The average molecular weight is 497 g/mol. The van der Waals surface area contributed by atoms with Crippen molar-refractivity contribution in [3.8, 4) is 17.0 Å². The van der Waals surface area contributed by atoms with E-state index in [1.165, 1.54) is 11.3 Å². The number of carbonyl (C=O) groups is 1. The number of anilines is 1. The molecular weight excluding hydrogens is 482 g/mol. The first-order chi connectivity index (χ1) is 13.4. The van der Waals surface area contributed by atoms with Gasteiger partial charge in [0.15, 0.2) is 10.2 Å². The zero-order valence-electron chi connectivity index (χ0n) is 14.7. The van der Waals surface area contributed by atoms with Gasteiger partial charge >= 0.3 is 0 Å². The molecule has 3 rings (SSSR count). The molecule has 0 radical (unpaired) electrons. The number of rotatable bonds is 5. The van der Waals surface area contributed by atoms with Crippen molar-refractivity contribution < 1.29 is 9.53 Å². The molecule has 1 amide bonds. The van der Waals surface area contributed by atoms with Crippen LogP contribution in [0.5, 0.6) is 5.75 Å². The highest BCUT2D eigenvalue weighted by atomic mass is 79.9. The Labute approximate surface area is 185 Å². The number of carbonyl (C=O) groups excluding carboxylic acids is 1. The molecule has 0 fully saturated rings. The average Bonchev–Trinajstić information content (AvgIpc) is 3.11. The number of aromatic nitrogens is 1. The molecule has 0 spiro atoms. The minimum atomic E-state index is -0.212. The normalized spacial score (nSPS) is 10.4. The monoisotopic (exact) mass is 495 g/mol. The molecule has 28 heavy (non-hydrogen) atoms. The fraction of sp³-hybridized carbons (Fsp3) is 0.105. The van der Waals surface area contributed by atoms with Crippen LogP contribution in [0.3, 0.4) is 0 Å². The van der Waals surface area contributed by atoms with Gasteiger partial charge in [-0.1, -0.05) is 23.7 Å². The van der Waals surface area contributed by atoms with Crippen molar-refractivity contribution in [2.45, 2.75) is 6.42 Å². The lowest BCUT2D eigenvalue weighted by Gasteiger charge is -2.07. The Kier molecular flexibility index (Phi) is 7.01. The van der Waals surface area contributed by atoms with Gasteiger partial charge in [0, 0.05) is 16.0 Å². The summed E-state index contributed by atoms with van der Waals surface area (Å²) in [5.74, 6) is 0.539. The molecule has 0 aliphatic carbocycles. The third kappa shape index (κ3) is 5.51. The number of nitrogens with zero attached hydrogens (tertiary/aromatic N) is 1. The van der Waals surface area contributed by atoms with Crippen molar-refractivity contribution >= 4 is 67.2 Å². The molecule has 0 saturated carbocycles. The lowest BCUT2D eigenvalue weighted by atomic mass is 10.1. The number of ether oxygens (including phenoxy) is 1. The smallest absolute Gasteiger partial charge is 0.230 e. The molecule has 0 aliphatic rings. The molecule has 1 aromatic heterocycles. The van der Waals surface area contributed by atoms with Crippen molar-refractivity contribution in [2.75, 3.05) is 12.4 Å². The Balaban J connectivity index is 1.58. The topological polar surface area (TPSA) is 63.2 Å². The SMILES string of the molecule is COc1ccc(-c2csc(NC(=S)NC(=O)Cc3ccc(Cl)cc3)n2)cc1Br. The van der Waals surface area contributed by atoms with E-state index in [-0.39, 0.29) is 17.4 Å². The Morgan fingerprint density at radius 2 is 2.04 bits per heavy atom. The van der Waals surface area contributed by atoms with E-state index in [0.29, 0.717) is 10.2 Å².